The second-order valence-electron chi connectivity index (χ2n) is 7.54. The Morgan fingerprint density at radius 3 is 0.900 bits per heavy atom. The molecule has 4 aromatic rings. The molecule has 0 N–H and O–H groups in total. The van der Waals surface area contributed by atoms with Crippen LogP contribution in [-0.2, 0) is 0 Å². The second-order valence-corrected chi connectivity index (χ2v) is 7.54. The van der Waals surface area contributed by atoms with Gasteiger partial charge in [0.05, 0.1) is 0 Å². The summed E-state index contributed by atoms with van der Waals surface area (Å²) in [5.41, 5.74) is 7.39. The summed E-state index contributed by atoms with van der Waals surface area (Å²) in [7, 11) is 0. The van der Waals surface area contributed by atoms with Gasteiger partial charge in [0.1, 0.15) is 0 Å². The Morgan fingerprint density at radius 2 is 0.633 bits per heavy atom. The highest BCUT2D eigenvalue weighted by Gasteiger charge is 2.18. The molecule has 2 nitrogen and oxygen atoms in total. The number of hydrogen-bond acceptors (Lipinski definition) is 2. The van der Waals surface area contributed by atoms with Crippen molar-refractivity contribution in [2.45, 2.75) is 13.8 Å². The van der Waals surface area contributed by atoms with E-state index in [1.165, 1.54) is 11.1 Å². The van der Waals surface area contributed by atoms with Crippen LogP contribution in [-0.4, -0.2) is 11.6 Å². The molecule has 2 heteroatoms. The Morgan fingerprint density at radius 1 is 0.400 bits per heavy atom. The molecule has 0 spiro atoms. The average Bonchev–Trinajstić information content (AvgIpc) is 2.79. The molecule has 0 amide bonds. The van der Waals surface area contributed by atoms with E-state index in [9.17, 15) is 9.59 Å². The molecule has 146 valence electrons. The third-order valence-corrected chi connectivity index (χ3v) is 5.27. The first-order chi connectivity index (χ1) is 14.5. The summed E-state index contributed by atoms with van der Waals surface area (Å²) in [4.78, 5) is 25.4. The van der Waals surface area contributed by atoms with Gasteiger partial charge in [-0.25, -0.2) is 0 Å². The van der Waals surface area contributed by atoms with Gasteiger partial charge in [-0.15, -0.1) is 0 Å². The molecule has 0 bridgehead atoms. The molecule has 4 rings (SSSR count). The lowest BCUT2D eigenvalue weighted by atomic mass is 9.97. The normalized spacial score (nSPS) is 10.6. The maximum atomic E-state index is 12.7. The van der Waals surface area contributed by atoms with Gasteiger partial charge in [-0.2, -0.15) is 0 Å². The minimum Gasteiger partial charge on any atom is -0.285 e. The van der Waals surface area contributed by atoms with E-state index >= 15 is 0 Å². The Bertz CT molecular complexity index is 1080. The van der Waals surface area contributed by atoms with Crippen molar-refractivity contribution in [1.29, 1.82) is 0 Å². The largest absolute Gasteiger partial charge is 0.285 e. The first-order valence-corrected chi connectivity index (χ1v) is 9.94. The van der Waals surface area contributed by atoms with E-state index in [2.05, 4.69) is 24.3 Å². The van der Waals surface area contributed by atoms with Crippen LogP contribution in [0, 0.1) is 13.8 Å². The molecule has 0 saturated carbocycles. The van der Waals surface area contributed by atoms with Crippen molar-refractivity contribution in [3.05, 3.63) is 119 Å². The van der Waals surface area contributed by atoms with Gasteiger partial charge in [0.15, 0.2) is 0 Å². The van der Waals surface area contributed by atoms with Crippen molar-refractivity contribution in [2.24, 2.45) is 0 Å². The maximum absolute atomic E-state index is 12.7. The minimum atomic E-state index is -0.492. The Kier molecular flexibility index (Phi) is 5.40. The number of carbonyl (C=O) groups excluding carboxylic acids is 2. The number of rotatable bonds is 5. The fourth-order valence-corrected chi connectivity index (χ4v) is 3.38. The van der Waals surface area contributed by atoms with Crippen LogP contribution in [0.1, 0.15) is 31.8 Å². The number of aryl methyl sites for hydroxylation is 2. The summed E-state index contributed by atoms with van der Waals surface area (Å²) in [6.07, 6.45) is 0. The summed E-state index contributed by atoms with van der Waals surface area (Å²) in [6, 6.07) is 30.8. The summed E-state index contributed by atoms with van der Waals surface area (Å²) in [5.74, 6) is -0.984. The van der Waals surface area contributed by atoms with Gasteiger partial charge in [0, 0.05) is 11.1 Å². The molecule has 4 aromatic carbocycles. The van der Waals surface area contributed by atoms with Crippen LogP contribution >= 0.6 is 0 Å². The standard InChI is InChI=1S/C28H22O2/c1-19-3-7-21(8-4-19)23-11-15-25(16-12-23)27(29)28(30)26-17-13-24(14-18-26)22-9-5-20(2)6-10-22/h3-18H,1-2H3. The number of benzene rings is 4. The van der Waals surface area contributed by atoms with Crippen molar-refractivity contribution in [3.63, 3.8) is 0 Å². The van der Waals surface area contributed by atoms with E-state index in [1.807, 2.05) is 62.4 Å². The number of carbonyl (C=O) groups is 2. The lowest BCUT2D eigenvalue weighted by molar-refractivity contribution is 0.0817. The van der Waals surface area contributed by atoms with Gasteiger partial charge in [0.25, 0.3) is 0 Å². The molecule has 0 unspecified atom stereocenters. The van der Waals surface area contributed by atoms with E-state index in [4.69, 9.17) is 0 Å². The zero-order valence-corrected chi connectivity index (χ0v) is 17.1. The Hall–Kier alpha value is -3.78. The third kappa shape index (κ3) is 4.13. The van der Waals surface area contributed by atoms with Crippen molar-refractivity contribution in [1.82, 2.24) is 0 Å². The Labute approximate surface area is 176 Å². The molecule has 0 aliphatic rings. The highest BCUT2D eigenvalue weighted by Crippen LogP contribution is 2.23. The number of ketones is 2. The molecule has 0 radical (unpaired) electrons. The van der Waals surface area contributed by atoms with Gasteiger partial charge >= 0.3 is 0 Å². The van der Waals surface area contributed by atoms with Crippen LogP contribution in [0.2, 0.25) is 0 Å². The van der Waals surface area contributed by atoms with Gasteiger partial charge < -0.3 is 0 Å². The molecule has 0 aliphatic carbocycles. The minimum absolute atomic E-state index is 0.401. The van der Waals surface area contributed by atoms with Crippen molar-refractivity contribution in [3.8, 4) is 22.3 Å². The molecule has 30 heavy (non-hydrogen) atoms. The van der Waals surface area contributed by atoms with E-state index in [-0.39, 0.29) is 0 Å². The molecular weight excluding hydrogens is 368 g/mol. The predicted octanol–water partition coefficient (Wildman–Crippen LogP) is 6.70. The van der Waals surface area contributed by atoms with Crippen LogP contribution in [0.4, 0.5) is 0 Å². The van der Waals surface area contributed by atoms with Crippen LogP contribution in [0.5, 0.6) is 0 Å². The van der Waals surface area contributed by atoms with E-state index in [0.717, 1.165) is 22.3 Å². The topological polar surface area (TPSA) is 34.1 Å². The van der Waals surface area contributed by atoms with Crippen LogP contribution in [0.25, 0.3) is 22.3 Å². The van der Waals surface area contributed by atoms with E-state index < -0.39 is 11.6 Å². The lowest BCUT2D eigenvalue weighted by Crippen LogP contribution is -2.14. The smallest absolute Gasteiger partial charge is 0.233 e. The molecule has 0 aliphatic heterocycles. The molecular formula is C28H22O2. The Balaban J connectivity index is 1.51. The van der Waals surface area contributed by atoms with E-state index in [0.29, 0.717) is 11.1 Å². The number of hydrogen-bond donors (Lipinski definition) is 0. The maximum Gasteiger partial charge on any atom is 0.233 e. The third-order valence-electron chi connectivity index (χ3n) is 5.27. The first-order valence-electron chi connectivity index (χ1n) is 9.94. The zero-order valence-electron chi connectivity index (χ0n) is 17.1. The predicted molar refractivity (Wildman–Crippen MR) is 122 cm³/mol. The van der Waals surface area contributed by atoms with Crippen molar-refractivity contribution < 1.29 is 9.59 Å². The van der Waals surface area contributed by atoms with Gasteiger partial charge in [-0.3, -0.25) is 9.59 Å². The van der Waals surface area contributed by atoms with Crippen LogP contribution in [0.3, 0.4) is 0 Å². The van der Waals surface area contributed by atoms with Crippen LogP contribution in [0.15, 0.2) is 97.1 Å². The molecule has 0 heterocycles. The molecule has 0 atom stereocenters. The van der Waals surface area contributed by atoms with Crippen molar-refractivity contribution >= 4 is 11.6 Å². The fraction of sp³-hybridized carbons (Fsp3) is 0.0714. The summed E-state index contributed by atoms with van der Waals surface area (Å²) in [5, 5.41) is 0. The van der Waals surface area contributed by atoms with Gasteiger partial charge in [0.2, 0.25) is 11.6 Å². The molecule has 0 fully saturated rings. The summed E-state index contributed by atoms with van der Waals surface area (Å²) >= 11 is 0. The SMILES string of the molecule is Cc1ccc(-c2ccc(C(=O)C(=O)c3ccc(-c4ccc(C)cc4)cc3)cc2)cc1. The first kappa shape index (κ1) is 19.5. The van der Waals surface area contributed by atoms with Crippen molar-refractivity contribution in [2.75, 3.05) is 0 Å². The highest BCUT2D eigenvalue weighted by molar-refractivity contribution is 6.49. The average molecular weight is 390 g/mol. The van der Waals surface area contributed by atoms with Gasteiger partial charge in [-0.05, 0) is 36.1 Å². The molecule has 0 aromatic heterocycles. The number of Topliss-reactive ketones (excluding diaryl/α,β-unsaturated/α-hetero) is 2. The zero-order chi connectivity index (χ0) is 21.1. The van der Waals surface area contributed by atoms with Gasteiger partial charge in [-0.1, -0.05) is 108 Å². The lowest BCUT2D eigenvalue weighted by Gasteiger charge is -2.06. The second kappa shape index (κ2) is 8.30. The highest BCUT2D eigenvalue weighted by atomic mass is 16.2. The van der Waals surface area contributed by atoms with E-state index in [1.54, 1.807) is 24.3 Å². The fourth-order valence-electron chi connectivity index (χ4n) is 3.38. The van der Waals surface area contributed by atoms with Crippen LogP contribution < -0.4 is 0 Å². The summed E-state index contributed by atoms with van der Waals surface area (Å²) in [6.45, 7) is 4.09. The molecule has 0 saturated heterocycles. The monoisotopic (exact) mass is 390 g/mol. The summed E-state index contributed by atoms with van der Waals surface area (Å²) < 4.78 is 0. The quantitative estimate of drug-likeness (QED) is 0.280.